The van der Waals surface area contributed by atoms with E-state index in [1.54, 1.807) is 19.9 Å². The van der Waals surface area contributed by atoms with E-state index >= 15 is 0 Å². The second-order valence-electron chi connectivity index (χ2n) is 22.6. The van der Waals surface area contributed by atoms with Gasteiger partial charge in [-0.1, -0.05) is 138 Å². The minimum atomic E-state index is -2.89. The van der Waals surface area contributed by atoms with Crippen LogP contribution in [0, 0.1) is 0 Å². The van der Waals surface area contributed by atoms with Gasteiger partial charge in [-0.05, 0) is 82.8 Å². The maximum atomic E-state index is 15.0. The number of carbonyl (C=O) groups is 4. The van der Waals surface area contributed by atoms with E-state index in [2.05, 4.69) is 66.0 Å². The summed E-state index contributed by atoms with van der Waals surface area (Å²) < 4.78 is 67.6. The molecule has 0 N–H and O–H groups in total. The zero-order valence-electron chi connectivity index (χ0n) is 45.8. The van der Waals surface area contributed by atoms with Crippen molar-refractivity contribution in [2.24, 2.45) is 0 Å². The molecule has 0 radical (unpaired) electrons. The van der Waals surface area contributed by atoms with Gasteiger partial charge in [-0.25, -0.2) is 9.59 Å². The van der Waals surface area contributed by atoms with E-state index in [0.717, 1.165) is 54.5 Å². The fourth-order valence-corrected chi connectivity index (χ4v) is 13.7. The molecule has 4 aliphatic heterocycles. The summed E-state index contributed by atoms with van der Waals surface area (Å²) in [6.45, 7) is 25.4. The van der Waals surface area contributed by atoms with Gasteiger partial charge in [0.1, 0.15) is 51.0 Å². The van der Waals surface area contributed by atoms with E-state index < -0.39 is 108 Å². The van der Waals surface area contributed by atoms with Crippen LogP contribution in [0.25, 0.3) is 5.20 Å². The van der Waals surface area contributed by atoms with Gasteiger partial charge in [0, 0.05) is 24.5 Å². The maximum Gasteiger partial charge on any atom is 0.333 e. The van der Waals surface area contributed by atoms with Crippen molar-refractivity contribution in [2.75, 3.05) is 6.61 Å². The molecule has 11 atom stereocenters. The molecule has 4 saturated heterocycles. The minimum absolute atomic E-state index is 0.0167. The Labute approximate surface area is 436 Å². The van der Waals surface area contributed by atoms with Crippen molar-refractivity contribution < 1.29 is 66.2 Å². The number of cyclic esters (lactones) is 1. The van der Waals surface area contributed by atoms with E-state index in [1.807, 2.05) is 69.3 Å². The van der Waals surface area contributed by atoms with Crippen LogP contribution < -0.4 is 5.19 Å². The van der Waals surface area contributed by atoms with Crippen LogP contribution in [0.1, 0.15) is 132 Å². The second-order valence-corrected chi connectivity index (χ2v) is 31.8. The van der Waals surface area contributed by atoms with Crippen LogP contribution >= 0.6 is 0 Å². The fraction of sp³-hybridized carbons (Fsp3) is 0.649. The van der Waals surface area contributed by atoms with Gasteiger partial charge in [0.05, 0.1) is 18.6 Å². The van der Waals surface area contributed by atoms with Crippen molar-refractivity contribution in [3.63, 3.8) is 0 Å². The van der Waals surface area contributed by atoms with Crippen LogP contribution in [-0.4, -0.2) is 120 Å². The third-order valence-corrected chi connectivity index (χ3v) is 23.2. The fourth-order valence-electron chi connectivity index (χ4n) is 9.73. The molecule has 14 nitrogen and oxygen atoms in total. The van der Waals surface area contributed by atoms with Crippen LogP contribution in [0.4, 0.5) is 0 Å². The number of esters is 3. The lowest BCUT2D eigenvalue weighted by Crippen LogP contribution is -2.67. The lowest BCUT2D eigenvalue weighted by Gasteiger charge is -2.50. The van der Waals surface area contributed by atoms with Crippen LogP contribution in [0.5, 0.6) is 0 Å². The molecule has 404 valence electrons. The van der Waals surface area contributed by atoms with Crippen LogP contribution in [-0.2, 0) is 66.2 Å². The Balaban J connectivity index is 1.52. The van der Waals surface area contributed by atoms with Crippen molar-refractivity contribution in [1.29, 1.82) is 0 Å². The van der Waals surface area contributed by atoms with Gasteiger partial charge in [0.25, 0.3) is 0 Å². The molecule has 6 rings (SSSR count). The Bertz CT molecular complexity index is 2220. The number of carbonyl (C=O) groups excluding carboxylic acids is 4. The van der Waals surface area contributed by atoms with Crippen LogP contribution in [0.2, 0.25) is 31.2 Å². The molecule has 2 bridgehead atoms. The van der Waals surface area contributed by atoms with Crippen molar-refractivity contribution in [1.82, 2.24) is 0 Å². The first-order valence-corrected chi connectivity index (χ1v) is 32.6. The first-order chi connectivity index (χ1) is 34.4. The Kier molecular flexibility index (Phi) is 20.3. The molecule has 0 aliphatic carbocycles. The molecule has 73 heavy (non-hydrogen) atoms. The van der Waals surface area contributed by atoms with Gasteiger partial charge in [-0.2, -0.15) is 0 Å². The van der Waals surface area contributed by atoms with Gasteiger partial charge in [-0.15, -0.1) is 0 Å². The lowest BCUT2D eigenvalue weighted by atomic mass is 9.96. The van der Waals surface area contributed by atoms with Gasteiger partial charge in [0.2, 0.25) is 0 Å². The van der Waals surface area contributed by atoms with Crippen molar-refractivity contribution in [2.45, 2.75) is 231 Å². The largest absolute Gasteiger partial charge is 0.463 e. The standard InChI is InChI=1S/C57H84O14Si2/c1-14-26-41-30-23-17-16-22-29-40(58)33-34-45(59)62-36-43-48(66-46(60)35-44(39-27-20-18-21-28-39)72(10,11)42-31-24-19-25-32-42)49(67-53(61)37(3)15-2)52(71-73(12,13)56(5,6)7)55(65-43)68-51-50-47(69-57(8,9)70-50)38(4)63-54(51)64-41/h15,18-21,24-25,27-28,31-32,35,38,41,43,47-52,54-55H,14,16-17,22-23,26,29-30,33-34,36H2,1-13H3/b37-15+,44-35-/t38-,41+,43-,47+,48-,49+,50+,51-,52-,54+,55+/m1/s1. The summed E-state index contributed by atoms with van der Waals surface area (Å²) in [4.78, 5) is 56.0. The number of ether oxygens (including phenoxy) is 9. The molecule has 0 spiro atoms. The minimum Gasteiger partial charge on any atom is -0.463 e. The molecular formula is C57H84O14Si2. The van der Waals surface area contributed by atoms with Gasteiger partial charge >= 0.3 is 17.9 Å². The zero-order valence-corrected chi connectivity index (χ0v) is 47.8. The highest BCUT2D eigenvalue weighted by Crippen LogP contribution is 2.44. The third kappa shape index (κ3) is 15.2. The van der Waals surface area contributed by atoms with E-state index in [1.165, 1.54) is 6.08 Å². The SMILES string of the molecule is C/C=C(\C)C(=O)O[C@@H]1[C@@H](O[Si](C)(C)C(C)(C)C)[C@@H]2O[C@H]3[C@H](O[C@@H](CCC)CCCCCCC(=O)CCC(=O)OC[C@@H](O2)[C@H]1OC(=O)/C=C(/c1ccccc1)[Si](C)(C)c1ccccc1)O[C@H](C)[C@@H]1OC(C)(C)O[C@@H]13. The summed E-state index contributed by atoms with van der Waals surface area (Å²) >= 11 is 0. The summed E-state index contributed by atoms with van der Waals surface area (Å²) in [7, 11) is -5.50. The average molecular weight is 1050 g/mol. The number of allylic oxidation sites excluding steroid dienone is 1. The Hall–Kier alpha value is -3.85. The average Bonchev–Trinajstić information content (AvgIpc) is 3.68. The molecule has 16 heteroatoms. The molecule has 4 heterocycles. The van der Waals surface area contributed by atoms with Gasteiger partial charge in [0.15, 0.2) is 38.9 Å². The van der Waals surface area contributed by atoms with Crippen molar-refractivity contribution >= 4 is 50.5 Å². The first-order valence-electron chi connectivity index (χ1n) is 26.6. The molecular weight excluding hydrogens is 965 g/mol. The molecule has 0 amide bonds. The number of fused-ring (bicyclic) bond motifs is 5. The molecule has 4 fully saturated rings. The summed E-state index contributed by atoms with van der Waals surface area (Å²) in [5.74, 6) is -3.08. The van der Waals surface area contributed by atoms with Crippen molar-refractivity contribution in [3.8, 4) is 0 Å². The summed E-state index contributed by atoms with van der Waals surface area (Å²) in [5, 5.41) is 1.52. The van der Waals surface area contributed by atoms with Crippen molar-refractivity contribution in [3.05, 3.63) is 84.0 Å². The molecule has 0 unspecified atom stereocenters. The van der Waals surface area contributed by atoms with Gasteiger partial charge in [-0.3, -0.25) is 9.59 Å². The number of hydrogen-bond acceptors (Lipinski definition) is 14. The Morgan fingerprint density at radius 1 is 0.767 bits per heavy atom. The smallest absolute Gasteiger partial charge is 0.333 e. The molecule has 2 aromatic rings. The summed E-state index contributed by atoms with van der Waals surface area (Å²) in [5.41, 5.74) is 1.15. The van der Waals surface area contributed by atoms with Crippen LogP contribution in [0.15, 0.2) is 78.4 Å². The second kappa shape index (κ2) is 25.3. The number of hydrogen-bond donors (Lipinski definition) is 0. The summed E-state index contributed by atoms with van der Waals surface area (Å²) in [6.07, 6.45) is -1.45. The summed E-state index contributed by atoms with van der Waals surface area (Å²) in [6, 6.07) is 19.8. The normalized spacial score (nSPS) is 30.6. The van der Waals surface area contributed by atoms with Crippen LogP contribution in [0.3, 0.4) is 0 Å². The number of Topliss-reactive ketones (excluding diaryl/α,β-unsaturated/α-hetero) is 1. The Morgan fingerprint density at radius 2 is 1.42 bits per heavy atom. The highest BCUT2D eigenvalue weighted by molar-refractivity contribution is 7.04. The molecule has 0 saturated carbocycles. The quantitative estimate of drug-likeness (QED) is 0.0905. The van der Waals surface area contributed by atoms with E-state index in [-0.39, 0.29) is 29.8 Å². The maximum absolute atomic E-state index is 15.0. The van der Waals surface area contributed by atoms with E-state index in [0.29, 0.717) is 18.4 Å². The third-order valence-electron chi connectivity index (χ3n) is 15.1. The topological polar surface area (TPSA) is 161 Å². The highest BCUT2D eigenvalue weighted by atomic mass is 28.4. The highest BCUT2D eigenvalue weighted by Gasteiger charge is 2.60. The number of rotatable bonds is 11. The number of benzene rings is 2. The predicted octanol–water partition coefficient (Wildman–Crippen LogP) is 10.2. The monoisotopic (exact) mass is 1050 g/mol. The number of ketones is 1. The van der Waals surface area contributed by atoms with E-state index in [9.17, 15) is 19.2 Å². The lowest BCUT2D eigenvalue weighted by molar-refractivity contribution is -0.360. The van der Waals surface area contributed by atoms with Gasteiger partial charge < -0.3 is 47.1 Å². The van der Waals surface area contributed by atoms with E-state index in [4.69, 9.17) is 47.1 Å². The first kappa shape index (κ1) is 58.4. The predicted molar refractivity (Wildman–Crippen MR) is 284 cm³/mol. The molecule has 2 aromatic carbocycles. The zero-order chi connectivity index (χ0) is 53.3. The molecule has 4 aliphatic rings. The Morgan fingerprint density at radius 3 is 2.08 bits per heavy atom. The molecule has 0 aromatic heterocycles.